The van der Waals surface area contributed by atoms with E-state index in [2.05, 4.69) is 15.5 Å². The highest BCUT2D eigenvalue weighted by Crippen LogP contribution is 2.35. The first kappa shape index (κ1) is 24.6. The summed E-state index contributed by atoms with van der Waals surface area (Å²) in [7, 11) is 0. The lowest BCUT2D eigenvalue weighted by Gasteiger charge is -2.35. The third kappa shape index (κ3) is 5.45. The van der Waals surface area contributed by atoms with Gasteiger partial charge in [-0.15, -0.1) is 0 Å². The first-order valence-corrected chi connectivity index (χ1v) is 10.9. The van der Waals surface area contributed by atoms with Crippen LogP contribution in [0.15, 0.2) is 34.9 Å². The summed E-state index contributed by atoms with van der Waals surface area (Å²) >= 11 is 0. The zero-order chi connectivity index (χ0) is 25.3. The zero-order valence-corrected chi connectivity index (χ0v) is 19.4. The molecule has 1 amide bonds. The Hall–Kier alpha value is -3.47. The van der Waals surface area contributed by atoms with E-state index in [9.17, 15) is 18.0 Å². The first-order chi connectivity index (χ1) is 16.5. The Balaban J connectivity index is 1.71. The van der Waals surface area contributed by atoms with Crippen molar-refractivity contribution < 1.29 is 31.6 Å². The van der Waals surface area contributed by atoms with Crippen LogP contribution in [-0.4, -0.2) is 48.0 Å². The average molecular weight is 492 g/mol. The van der Waals surface area contributed by atoms with Gasteiger partial charge in [0.2, 0.25) is 0 Å². The number of carbonyl (C=O) groups excluding carboxylic acids is 1. The Bertz CT molecular complexity index is 1220. The van der Waals surface area contributed by atoms with E-state index < -0.39 is 30.5 Å². The van der Waals surface area contributed by atoms with Crippen molar-refractivity contribution in [2.45, 2.75) is 39.6 Å². The molecule has 0 bridgehead atoms. The maximum atomic E-state index is 15.9. The molecule has 0 spiro atoms. The Morgan fingerprint density at radius 3 is 2.51 bits per heavy atom. The van der Waals surface area contributed by atoms with E-state index in [-0.39, 0.29) is 36.6 Å². The van der Waals surface area contributed by atoms with E-state index in [0.717, 1.165) is 11.4 Å². The van der Waals surface area contributed by atoms with Crippen LogP contribution in [0.25, 0.3) is 11.1 Å². The number of aromatic nitrogens is 2. The highest BCUT2D eigenvalue weighted by Gasteiger charge is 2.43. The fourth-order valence-electron chi connectivity index (χ4n) is 4.09. The van der Waals surface area contributed by atoms with E-state index in [1.54, 1.807) is 39.0 Å². The number of rotatable bonds is 5. The topological polar surface area (TPSA) is 80.5 Å². The van der Waals surface area contributed by atoms with Crippen molar-refractivity contribution in [1.29, 1.82) is 0 Å². The Labute approximate surface area is 199 Å². The molecule has 0 radical (unpaired) electrons. The molecule has 1 aromatic carbocycles. The molecule has 1 aliphatic rings. The van der Waals surface area contributed by atoms with Crippen LogP contribution >= 0.6 is 0 Å². The van der Waals surface area contributed by atoms with Crippen LogP contribution in [0.1, 0.15) is 33.2 Å². The van der Waals surface area contributed by atoms with Gasteiger partial charge in [0.25, 0.3) is 5.91 Å². The molecule has 7 nitrogen and oxygen atoms in total. The summed E-state index contributed by atoms with van der Waals surface area (Å²) in [5, 5.41) is 6.29. The number of pyridine rings is 1. The second-order valence-corrected chi connectivity index (χ2v) is 8.42. The van der Waals surface area contributed by atoms with Gasteiger partial charge in [-0.3, -0.25) is 9.78 Å². The van der Waals surface area contributed by atoms with Crippen molar-refractivity contribution >= 4 is 11.6 Å². The van der Waals surface area contributed by atoms with Gasteiger partial charge in [-0.05, 0) is 50.1 Å². The number of ether oxygens (including phenoxy) is 1. The van der Waals surface area contributed by atoms with Crippen molar-refractivity contribution in [3.05, 3.63) is 64.6 Å². The van der Waals surface area contributed by atoms with Gasteiger partial charge in [-0.25, -0.2) is 4.39 Å². The van der Waals surface area contributed by atoms with E-state index in [4.69, 9.17) is 9.26 Å². The van der Waals surface area contributed by atoms with Crippen molar-refractivity contribution in [2.24, 2.45) is 0 Å². The number of nitrogens with one attached hydrogen (secondary N) is 1. The highest BCUT2D eigenvalue weighted by molar-refractivity contribution is 5.92. The minimum atomic E-state index is -4.56. The number of nitrogens with zero attached hydrogens (tertiary/aromatic N) is 3. The van der Waals surface area contributed by atoms with Gasteiger partial charge in [-0.2, -0.15) is 13.2 Å². The predicted molar refractivity (Wildman–Crippen MR) is 120 cm³/mol. The van der Waals surface area contributed by atoms with E-state index in [1.807, 2.05) is 0 Å². The minimum absolute atomic E-state index is 0.00956. The molecular formula is C24H24F4N4O3. The smallest absolute Gasteiger partial charge is 0.365 e. The van der Waals surface area contributed by atoms with Crippen LogP contribution < -0.4 is 10.2 Å². The molecule has 1 atom stereocenters. The zero-order valence-electron chi connectivity index (χ0n) is 19.4. The summed E-state index contributed by atoms with van der Waals surface area (Å²) in [5.74, 6) is -0.837. The number of amides is 1. The van der Waals surface area contributed by atoms with Gasteiger partial charge < -0.3 is 19.5 Å². The van der Waals surface area contributed by atoms with Crippen molar-refractivity contribution in [2.75, 3.05) is 24.6 Å². The number of hydrogen-bond donors (Lipinski definition) is 1. The summed E-state index contributed by atoms with van der Waals surface area (Å²) in [4.78, 5) is 18.2. The molecule has 0 saturated carbocycles. The normalized spacial score (nSPS) is 16.4. The molecule has 4 rings (SSSR count). The Morgan fingerprint density at radius 1 is 1.17 bits per heavy atom. The summed E-state index contributed by atoms with van der Waals surface area (Å²) < 4.78 is 65.4. The fourth-order valence-corrected chi connectivity index (χ4v) is 4.09. The van der Waals surface area contributed by atoms with Crippen molar-refractivity contribution in [3.63, 3.8) is 0 Å². The van der Waals surface area contributed by atoms with Crippen LogP contribution in [0.3, 0.4) is 0 Å². The maximum Gasteiger partial charge on any atom is 0.416 e. The molecule has 35 heavy (non-hydrogen) atoms. The average Bonchev–Trinajstić information content (AvgIpc) is 3.23. The molecule has 3 heterocycles. The highest BCUT2D eigenvalue weighted by atomic mass is 19.4. The molecule has 186 valence electrons. The fraction of sp³-hybridized carbons (Fsp3) is 0.375. The molecule has 1 fully saturated rings. The second-order valence-electron chi connectivity index (χ2n) is 8.42. The van der Waals surface area contributed by atoms with Gasteiger partial charge in [0.1, 0.15) is 5.76 Å². The molecule has 3 aromatic rings. The molecule has 0 unspecified atom stereocenters. The lowest BCUT2D eigenvalue weighted by molar-refractivity contribution is -0.221. The molecule has 2 aromatic heterocycles. The Kier molecular flexibility index (Phi) is 6.79. The van der Waals surface area contributed by atoms with Gasteiger partial charge in [0.05, 0.1) is 18.8 Å². The van der Waals surface area contributed by atoms with E-state index in [1.165, 1.54) is 17.0 Å². The summed E-state index contributed by atoms with van der Waals surface area (Å²) in [5.41, 5.74) is 2.80. The third-order valence-electron chi connectivity index (χ3n) is 5.67. The predicted octanol–water partition coefficient (Wildman–Crippen LogP) is 4.50. The number of hydrogen-bond acceptors (Lipinski definition) is 6. The lowest BCUT2D eigenvalue weighted by Crippen LogP contribution is -2.49. The van der Waals surface area contributed by atoms with Crippen molar-refractivity contribution in [3.8, 4) is 11.1 Å². The van der Waals surface area contributed by atoms with Crippen molar-refractivity contribution in [1.82, 2.24) is 15.5 Å². The molecule has 11 heteroatoms. The van der Waals surface area contributed by atoms with E-state index >= 15 is 4.39 Å². The number of benzene rings is 1. The largest absolute Gasteiger partial charge is 0.416 e. The first-order valence-electron chi connectivity index (χ1n) is 10.9. The summed E-state index contributed by atoms with van der Waals surface area (Å²) in [6, 6.07) is 8.11. The van der Waals surface area contributed by atoms with Crippen LogP contribution in [-0.2, 0) is 11.3 Å². The molecule has 1 N–H and O–H groups in total. The molecular weight excluding hydrogens is 468 g/mol. The number of anilines is 1. The maximum absolute atomic E-state index is 15.9. The van der Waals surface area contributed by atoms with Crippen LogP contribution in [0.5, 0.6) is 0 Å². The standard InChI is InChI=1S/C24H24F4N4O3/c1-13-8-16(9-14(2)30-13)17-4-5-20(32-6-7-34-21(12-32)24(26,27)28)22(25)18(17)11-29-23(33)19-10-15(3)35-31-19/h4-5,8-10,21H,6-7,11-12H2,1-3H3,(H,29,33)/t21-/m1/s1. The van der Waals surface area contributed by atoms with E-state index in [0.29, 0.717) is 16.9 Å². The van der Waals surface area contributed by atoms with Gasteiger partial charge in [0.15, 0.2) is 17.6 Å². The van der Waals surface area contributed by atoms with Crippen LogP contribution in [0.4, 0.5) is 23.2 Å². The third-order valence-corrected chi connectivity index (χ3v) is 5.67. The second kappa shape index (κ2) is 9.65. The summed E-state index contributed by atoms with van der Waals surface area (Å²) in [6.45, 7) is 4.41. The number of morpholine rings is 1. The van der Waals surface area contributed by atoms with Gasteiger partial charge >= 0.3 is 6.18 Å². The quantitative estimate of drug-likeness (QED) is 0.529. The lowest BCUT2D eigenvalue weighted by atomic mass is 9.97. The monoisotopic (exact) mass is 492 g/mol. The minimum Gasteiger partial charge on any atom is -0.365 e. The van der Waals surface area contributed by atoms with Crippen LogP contribution in [0, 0.1) is 26.6 Å². The number of alkyl halides is 3. The number of halogens is 4. The SMILES string of the molecule is Cc1cc(-c2ccc(N3CCO[C@@H](C(F)(F)F)C3)c(F)c2CNC(=O)c2cc(C)on2)cc(C)n1. The number of carbonyl (C=O) groups is 1. The van der Waals surface area contributed by atoms with Crippen LogP contribution in [0.2, 0.25) is 0 Å². The summed E-state index contributed by atoms with van der Waals surface area (Å²) in [6.07, 6.45) is -6.58. The number of aryl methyl sites for hydroxylation is 3. The molecule has 1 saturated heterocycles. The Morgan fingerprint density at radius 2 is 1.89 bits per heavy atom. The molecule has 0 aliphatic carbocycles. The molecule has 1 aliphatic heterocycles. The van der Waals surface area contributed by atoms with Gasteiger partial charge in [0, 0.05) is 36.1 Å². The van der Waals surface area contributed by atoms with Gasteiger partial charge in [-0.1, -0.05) is 11.2 Å².